The number of halogens is 2. The molecule has 5 rings (SSSR count). The van der Waals surface area contributed by atoms with Gasteiger partial charge < -0.3 is 19.5 Å². The van der Waals surface area contributed by atoms with E-state index in [1.54, 1.807) is 44.2 Å². The van der Waals surface area contributed by atoms with Gasteiger partial charge in [-0.2, -0.15) is 0 Å². The molecule has 12 heteroatoms. The highest BCUT2D eigenvalue weighted by atomic mass is 79.9. The van der Waals surface area contributed by atoms with Crippen molar-refractivity contribution in [2.75, 3.05) is 26.1 Å². The number of hydrogen-bond acceptors (Lipinski definition) is 8. The van der Waals surface area contributed by atoms with Crippen LogP contribution in [0.1, 0.15) is 31.0 Å². The Morgan fingerprint density at radius 3 is 2.58 bits per heavy atom. The number of amides is 1. The van der Waals surface area contributed by atoms with Crippen LogP contribution in [0.5, 0.6) is 11.5 Å². The Bertz CT molecular complexity index is 1740. The van der Waals surface area contributed by atoms with Crippen LogP contribution in [0.3, 0.4) is 0 Å². The molecule has 0 saturated carbocycles. The number of carbonyl (C=O) groups is 2. The summed E-state index contributed by atoms with van der Waals surface area (Å²) in [4.78, 5) is 45.2. The number of methoxy groups -OCH3 is 2. The quantitative estimate of drug-likeness (QED) is 0.439. The van der Waals surface area contributed by atoms with E-state index in [0.717, 1.165) is 11.3 Å². The Morgan fingerprint density at radius 1 is 1.18 bits per heavy atom. The highest BCUT2D eigenvalue weighted by Crippen LogP contribution is 2.41. The summed E-state index contributed by atoms with van der Waals surface area (Å²) in [5.74, 6) is -0.147. The molecule has 0 saturated heterocycles. The second kappa shape index (κ2) is 10.0. The second-order valence-corrected chi connectivity index (χ2v) is 10.6. The second-order valence-electron chi connectivity index (χ2n) is 8.37. The van der Waals surface area contributed by atoms with Crippen LogP contribution in [0.2, 0.25) is 5.02 Å². The third-order valence-corrected chi connectivity index (χ3v) is 8.22. The summed E-state index contributed by atoms with van der Waals surface area (Å²) < 4.78 is 18.4. The van der Waals surface area contributed by atoms with Crippen molar-refractivity contribution < 1.29 is 23.8 Å². The molecule has 0 radical (unpaired) electrons. The van der Waals surface area contributed by atoms with Crippen LogP contribution in [-0.2, 0) is 14.3 Å². The lowest BCUT2D eigenvalue weighted by Gasteiger charge is -2.26. The lowest BCUT2D eigenvalue weighted by Crippen LogP contribution is -2.40. The zero-order valence-electron chi connectivity index (χ0n) is 20.7. The number of ether oxygens (including phenoxy) is 3. The lowest BCUT2D eigenvalue weighted by molar-refractivity contribution is -0.139. The molecule has 0 fully saturated rings. The summed E-state index contributed by atoms with van der Waals surface area (Å²) in [5.41, 5.74) is 1.95. The van der Waals surface area contributed by atoms with Crippen LogP contribution < -0.4 is 29.7 Å². The van der Waals surface area contributed by atoms with Crippen LogP contribution in [0.15, 0.2) is 55.9 Å². The van der Waals surface area contributed by atoms with Crippen molar-refractivity contribution >= 4 is 62.0 Å². The van der Waals surface area contributed by atoms with E-state index in [1.165, 1.54) is 18.8 Å². The Balaban J connectivity index is 1.85. The zero-order chi connectivity index (χ0) is 27.3. The fourth-order valence-corrected chi connectivity index (χ4v) is 6.43. The number of allylic oxidation sites excluding steroid dienone is 1. The largest absolute Gasteiger partial charge is 0.493 e. The normalized spacial score (nSPS) is 17.4. The lowest BCUT2D eigenvalue weighted by atomic mass is 9.95. The van der Waals surface area contributed by atoms with Gasteiger partial charge in [0.1, 0.15) is 4.53 Å². The molecule has 0 unspecified atom stereocenters. The van der Waals surface area contributed by atoms with Crippen LogP contribution in [0, 0.1) is 0 Å². The molecule has 1 aromatic heterocycles. The monoisotopic (exact) mass is 617 g/mol. The molecule has 2 aliphatic heterocycles. The molecule has 0 aliphatic carbocycles. The third kappa shape index (κ3) is 4.14. The number of nitrogens with one attached hydrogen (secondary N) is 1. The van der Waals surface area contributed by atoms with Crippen molar-refractivity contribution in [1.82, 2.24) is 4.57 Å². The molecule has 2 aromatic carbocycles. The summed E-state index contributed by atoms with van der Waals surface area (Å²) in [6.45, 7) is 3.53. The van der Waals surface area contributed by atoms with Crippen molar-refractivity contribution in [3.63, 3.8) is 0 Å². The van der Waals surface area contributed by atoms with E-state index in [4.69, 9.17) is 25.8 Å². The third-order valence-electron chi connectivity index (χ3n) is 6.24. The predicted molar refractivity (Wildman–Crippen MR) is 147 cm³/mol. The molecule has 3 aromatic rings. The van der Waals surface area contributed by atoms with Crippen molar-refractivity contribution in [3.05, 3.63) is 81.9 Å². The number of esters is 1. The molecule has 2 aliphatic rings. The van der Waals surface area contributed by atoms with Gasteiger partial charge in [-0.1, -0.05) is 38.9 Å². The Hall–Kier alpha value is -3.41. The van der Waals surface area contributed by atoms with E-state index in [2.05, 4.69) is 26.2 Å². The Labute approximate surface area is 234 Å². The predicted octanol–water partition coefficient (Wildman–Crippen LogP) is 3.55. The number of fused-ring (bicyclic) bond motifs is 2. The maximum Gasteiger partial charge on any atom is 0.338 e. The molecule has 9 nitrogen and oxygen atoms in total. The first-order chi connectivity index (χ1) is 18.2. The van der Waals surface area contributed by atoms with Crippen LogP contribution in [0.4, 0.5) is 5.69 Å². The van der Waals surface area contributed by atoms with E-state index in [0.29, 0.717) is 48.3 Å². The van der Waals surface area contributed by atoms with Gasteiger partial charge in [-0.25, -0.2) is 9.79 Å². The topological polar surface area (TPSA) is 108 Å². The number of rotatable bonds is 5. The summed E-state index contributed by atoms with van der Waals surface area (Å²) in [6.07, 6.45) is 0. The SMILES string of the molecule is CCOC(=O)C1=C(C)N=c2s/c(=C3\C(=O)Nc4ccc(Cl)cc43)c(=O)n2[C@H]1c1cc(OC)c(OC)cc1Br. The first-order valence-electron chi connectivity index (χ1n) is 11.4. The number of aromatic nitrogens is 1. The highest BCUT2D eigenvalue weighted by Gasteiger charge is 2.36. The van der Waals surface area contributed by atoms with E-state index in [-0.39, 0.29) is 22.3 Å². The Kier molecular flexibility index (Phi) is 6.93. The maximum absolute atomic E-state index is 14.1. The molecule has 196 valence electrons. The average Bonchev–Trinajstić information content (AvgIpc) is 3.37. The molecule has 0 spiro atoms. The summed E-state index contributed by atoms with van der Waals surface area (Å²) in [7, 11) is 3.01. The first-order valence-corrected chi connectivity index (χ1v) is 13.4. The fourth-order valence-electron chi connectivity index (χ4n) is 4.58. The molecule has 1 atom stereocenters. The van der Waals surface area contributed by atoms with Gasteiger partial charge in [-0.05, 0) is 49.7 Å². The van der Waals surface area contributed by atoms with Gasteiger partial charge in [0, 0.05) is 20.7 Å². The van der Waals surface area contributed by atoms with Gasteiger partial charge in [0.15, 0.2) is 16.3 Å². The molecule has 0 bridgehead atoms. The smallest absolute Gasteiger partial charge is 0.338 e. The Morgan fingerprint density at radius 2 is 1.89 bits per heavy atom. The van der Waals surface area contributed by atoms with Crippen LogP contribution in [0.25, 0.3) is 5.57 Å². The van der Waals surface area contributed by atoms with E-state index in [9.17, 15) is 14.4 Å². The van der Waals surface area contributed by atoms with Gasteiger partial charge in [0.05, 0.1) is 43.7 Å². The molecule has 1 amide bonds. The summed E-state index contributed by atoms with van der Waals surface area (Å²) in [6, 6.07) is 7.47. The summed E-state index contributed by atoms with van der Waals surface area (Å²) >= 11 is 10.8. The molecule has 38 heavy (non-hydrogen) atoms. The first kappa shape index (κ1) is 26.2. The number of benzene rings is 2. The van der Waals surface area contributed by atoms with Gasteiger partial charge in [-0.15, -0.1) is 0 Å². The highest BCUT2D eigenvalue weighted by molar-refractivity contribution is 9.10. The van der Waals surface area contributed by atoms with Crippen LogP contribution in [-0.4, -0.2) is 37.3 Å². The zero-order valence-corrected chi connectivity index (χ0v) is 23.8. The van der Waals surface area contributed by atoms with Gasteiger partial charge in [-0.3, -0.25) is 14.2 Å². The van der Waals surface area contributed by atoms with Crippen molar-refractivity contribution in [2.45, 2.75) is 19.9 Å². The molecule has 1 N–H and O–H groups in total. The minimum Gasteiger partial charge on any atom is -0.493 e. The van der Waals surface area contributed by atoms with Crippen molar-refractivity contribution in [3.8, 4) is 11.5 Å². The van der Waals surface area contributed by atoms with Crippen LogP contribution >= 0.6 is 38.9 Å². The number of thiazole rings is 1. The van der Waals surface area contributed by atoms with E-state index >= 15 is 0 Å². The van der Waals surface area contributed by atoms with E-state index in [1.807, 2.05) is 0 Å². The number of carbonyl (C=O) groups excluding carboxylic acids is 2. The van der Waals surface area contributed by atoms with Crippen molar-refractivity contribution in [2.24, 2.45) is 4.99 Å². The van der Waals surface area contributed by atoms with Gasteiger partial charge in [0.25, 0.3) is 11.5 Å². The number of hydrogen-bond donors (Lipinski definition) is 1. The number of nitrogens with zero attached hydrogens (tertiary/aromatic N) is 2. The fraction of sp³-hybridized carbons (Fsp3) is 0.231. The van der Waals surface area contributed by atoms with Gasteiger partial charge >= 0.3 is 5.97 Å². The minimum absolute atomic E-state index is 0.141. The van der Waals surface area contributed by atoms with Crippen molar-refractivity contribution in [1.29, 1.82) is 0 Å². The molecular formula is C26H21BrClN3O6S. The van der Waals surface area contributed by atoms with E-state index < -0.39 is 23.5 Å². The average molecular weight is 619 g/mol. The minimum atomic E-state index is -0.919. The number of anilines is 1. The van der Waals surface area contributed by atoms with Gasteiger partial charge in [0.2, 0.25) is 0 Å². The molecule has 3 heterocycles. The summed E-state index contributed by atoms with van der Waals surface area (Å²) in [5, 5.41) is 3.21. The maximum atomic E-state index is 14.1. The standard InChI is InChI=1S/C26H21BrClN3O6S/c1-5-37-25(34)19-11(2)29-26-31(21(19)13-9-17(35-3)18(36-4)10-15(13)27)24(33)22(38-26)20-14-8-12(28)6-7-16(14)30-23(20)32/h6-10,21H,5H2,1-4H3,(H,30,32)/b22-20-/t21-/m0/s1. The molecular weight excluding hydrogens is 598 g/mol.